The summed E-state index contributed by atoms with van der Waals surface area (Å²) in [5, 5.41) is 5.65. The second kappa shape index (κ2) is 12.1. The lowest BCUT2D eigenvalue weighted by Gasteiger charge is -2.16. The molecule has 0 spiro atoms. The average Bonchev–Trinajstić information content (AvgIpc) is 2.89. The second-order valence-corrected chi connectivity index (χ2v) is 9.57. The summed E-state index contributed by atoms with van der Waals surface area (Å²) in [6.07, 6.45) is 0.658. The van der Waals surface area contributed by atoms with E-state index < -0.39 is 0 Å². The van der Waals surface area contributed by atoms with Crippen molar-refractivity contribution in [3.05, 3.63) is 114 Å². The summed E-state index contributed by atoms with van der Waals surface area (Å²) in [7, 11) is 0. The van der Waals surface area contributed by atoms with Gasteiger partial charge < -0.3 is 15.4 Å². The first-order chi connectivity index (χ1) is 17.5. The predicted molar refractivity (Wildman–Crippen MR) is 147 cm³/mol. The van der Waals surface area contributed by atoms with Crippen molar-refractivity contribution in [2.45, 2.75) is 30.4 Å². The normalized spacial score (nSPS) is 11.4. The Morgan fingerprint density at radius 3 is 2.22 bits per heavy atom. The molecule has 0 bridgehead atoms. The summed E-state index contributed by atoms with van der Waals surface area (Å²) in [6, 6.07) is 31.9. The summed E-state index contributed by atoms with van der Waals surface area (Å²) in [5.41, 5.74) is 3.04. The fraction of sp³-hybridized carbons (Fsp3) is 0.133. The molecular formula is C30H28N2O3S. The van der Waals surface area contributed by atoms with Crippen LogP contribution in [0.4, 0.5) is 11.4 Å². The molecule has 0 aromatic heterocycles. The molecule has 2 N–H and O–H groups in total. The molecule has 0 saturated heterocycles. The third kappa shape index (κ3) is 6.99. The lowest BCUT2D eigenvalue weighted by molar-refractivity contribution is -0.115. The molecular weight excluding hydrogens is 468 g/mol. The molecule has 0 radical (unpaired) electrons. The number of rotatable bonds is 9. The summed E-state index contributed by atoms with van der Waals surface area (Å²) in [6.45, 7) is 3.94. The van der Waals surface area contributed by atoms with Crippen molar-refractivity contribution in [3.8, 4) is 11.5 Å². The molecule has 0 saturated carbocycles. The highest BCUT2D eigenvalue weighted by atomic mass is 32.2. The SMILES string of the molecule is CCC(Sc1cccc(NC(=O)c2cccc(C)c2)c1)C(=O)Nc1ccc(Oc2ccccc2)cc1. The number of carbonyl (C=O) groups excluding carboxylic acids is 2. The van der Waals surface area contributed by atoms with Gasteiger partial charge in [0.1, 0.15) is 11.5 Å². The van der Waals surface area contributed by atoms with Gasteiger partial charge in [0, 0.05) is 21.8 Å². The largest absolute Gasteiger partial charge is 0.457 e. The summed E-state index contributed by atoms with van der Waals surface area (Å²) < 4.78 is 5.81. The number of amides is 2. The third-order valence-electron chi connectivity index (χ3n) is 5.41. The van der Waals surface area contributed by atoms with Gasteiger partial charge in [0.25, 0.3) is 5.91 Å². The van der Waals surface area contributed by atoms with Crippen molar-refractivity contribution in [1.82, 2.24) is 0 Å². The Balaban J connectivity index is 1.35. The minimum Gasteiger partial charge on any atom is -0.457 e. The Morgan fingerprint density at radius 2 is 1.50 bits per heavy atom. The van der Waals surface area contributed by atoms with E-state index in [1.54, 1.807) is 6.07 Å². The highest BCUT2D eigenvalue weighted by Crippen LogP contribution is 2.29. The smallest absolute Gasteiger partial charge is 0.255 e. The van der Waals surface area contributed by atoms with Gasteiger partial charge in [-0.1, -0.05) is 48.9 Å². The average molecular weight is 497 g/mol. The zero-order valence-electron chi connectivity index (χ0n) is 20.2. The second-order valence-electron chi connectivity index (χ2n) is 8.29. The van der Waals surface area contributed by atoms with E-state index in [0.29, 0.717) is 29.1 Å². The molecule has 4 aromatic rings. The van der Waals surface area contributed by atoms with E-state index in [2.05, 4.69) is 10.6 Å². The molecule has 5 nitrogen and oxygen atoms in total. The summed E-state index contributed by atoms with van der Waals surface area (Å²) in [5.74, 6) is 1.22. The van der Waals surface area contributed by atoms with Crippen LogP contribution in [0, 0.1) is 6.92 Å². The van der Waals surface area contributed by atoms with E-state index >= 15 is 0 Å². The summed E-state index contributed by atoms with van der Waals surface area (Å²) in [4.78, 5) is 26.5. The van der Waals surface area contributed by atoms with E-state index in [0.717, 1.165) is 16.2 Å². The molecule has 1 atom stereocenters. The van der Waals surface area contributed by atoms with Gasteiger partial charge in [-0.3, -0.25) is 9.59 Å². The molecule has 2 amide bonds. The minimum atomic E-state index is -0.284. The zero-order valence-corrected chi connectivity index (χ0v) is 21.0. The van der Waals surface area contributed by atoms with Crippen LogP contribution in [-0.2, 0) is 4.79 Å². The zero-order chi connectivity index (χ0) is 25.3. The molecule has 0 aliphatic carbocycles. The number of aryl methyl sites for hydroxylation is 1. The van der Waals surface area contributed by atoms with E-state index in [1.165, 1.54) is 11.8 Å². The minimum absolute atomic E-state index is 0.0755. The quantitative estimate of drug-likeness (QED) is 0.235. The van der Waals surface area contributed by atoms with Gasteiger partial charge in [-0.2, -0.15) is 0 Å². The summed E-state index contributed by atoms with van der Waals surface area (Å²) >= 11 is 1.47. The number of hydrogen-bond acceptors (Lipinski definition) is 4. The van der Waals surface area contributed by atoms with Gasteiger partial charge in [-0.25, -0.2) is 0 Å². The van der Waals surface area contributed by atoms with Crippen molar-refractivity contribution in [2.75, 3.05) is 10.6 Å². The van der Waals surface area contributed by atoms with Gasteiger partial charge in [0.15, 0.2) is 0 Å². The van der Waals surface area contributed by atoms with Crippen molar-refractivity contribution < 1.29 is 14.3 Å². The van der Waals surface area contributed by atoms with Crippen LogP contribution < -0.4 is 15.4 Å². The standard InChI is InChI=1S/C30H28N2O3S/c1-3-28(30(34)31-23-15-17-26(18-16-23)35-25-12-5-4-6-13-25)36-27-14-8-11-24(20-27)32-29(33)22-10-7-9-21(2)19-22/h4-20,28H,3H2,1-2H3,(H,31,34)(H,32,33). The first kappa shape index (κ1) is 25.1. The van der Waals surface area contributed by atoms with Crippen LogP contribution in [0.1, 0.15) is 29.3 Å². The molecule has 6 heteroatoms. The van der Waals surface area contributed by atoms with Gasteiger partial charge in [0.05, 0.1) is 5.25 Å². The Kier molecular flexibility index (Phi) is 8.42. The van der Waals surface area contributed by atoms with Crippen LogP contribution in [0.5, 0.6) is 11.5 Å². The van der Waals surface area contributed by atoms with Crippen LogP contribution in [-0.4, -0.2) is 17.1 Å². The number of nitrogens with one attached hydrogen (secondary N) is 2. The highest BCUT2D eigenvalue weighted by Gasteiger charge is 2.18. The van der Waals surface area contributed by atoms with Crippen molar-refractivity contribution in [1.29, 1.82) is 0 Å². The van der Waals surface area contributed by atoms with Crippen LogP contribution in [0.3, 0.4) is 0 Å². The first-order valence-electron chi connectivity index (χ1n) is 11.8. The lowest BCUT2D eigenvalue weighted by atomic mass is 10.1. The number of hydrogen-bond donors (Lipinski definition) is 2. The number of ether oxygens (including phenoxy) is 1. The van der Waals surface area contributed by atoms with Crippen LogP contribution in [0.25, 0.3) is 0 Å². The van der Waals surface area contributed by atoms with Crippen molar-refractivity contribution >= 4 is 35.0 Å². The van der Waals surface area contributed by atoms with Crippen molar-refractivity contribution in [3.63, 3.8) is 0 Å². The fourth-order valence-corrected chi connectivity index (χ4v) is 4.59. The maximum Gasteiger partial charge on any atom is 0.255 e. The van der Waals surface area contributed by atoms with Gasteiger partial charge in [0.2, 0.25) is 5.91 Å². The fourth-order valence-electron chi connectivity index (χ4n) is 3.58. The predicted octanol–water partition coefficient (Wildman–Crippen LogP) is 7.55. The van der Waals surface area contributed by atoms with E-state index in [-0.39, 0.29) is 17.1 Å². The van der Waals surface area contributed by atoms with E-state index in [9.17, 15) is 9.59 Å². The molecule has 0 aliphatic heterocycles. The van der Waals surface area contributed by atoms with Crippen molar-refractivity contribution in [2.24, 2.45) is 0 Å². The molecule has 0 heterocycles. The lowest BCUT2D eigenvalue weighted by Crippen LogP contribution is -2.24. The maximum absolute atomic E-state index is 13.0. The Hall–Kier alpha value is -4.03. The Labute approximate surface area is 215 Å². The monoisotopic (exact) mass is 496 g/mol. The third-order valence-corrected chi connectivity index (χ3v) is 6.77. The van der Waals surface area contributed by atoms with Gasteiger partial charge in [-0.05, 0) is 80.1 Å². The topological polar surface area (TPSA) is 67.4 Å². The molecule has 182 valence electrons. The molecule has 4 aromatic carbocycles. The molecule has 1 unspecified atom stereocenters. The number of benzene rings is 4. The van der Waals surface area contributed by atoms with Crippen LogP contribution in [0.2, 0.25) is 0 Å². The maximum atomic E-state index is 13.0. The number of anilines is 2. The molecule has 0 fully saturated rings. The Bertz CT molecular complexity index is 1320. The number of carbonyl (C=O) groups is 2. The first-order valence-corrected chi connectivity index (χ1v) is 12.7. The highest BCUT2D eigenvalue weighted by molar-refractivity contribution is 8.00. The van der Waals surface area contributed by atoms with E-state index in [4.69, 9.17) is 4.74 Å². The molecule has 0 aliphatic rings. The number of para-hydroxylation sites is 1. The van der Waals surface area contributed by atoms with Gasteiger partial charge >= 0.3 is 0 Å². The van der Waals surface area contributed by atoms with E-state index in [1.807, 2.05) is 111 Å². The Morgan fingerprint density at radius 1 is 0.778 bits per heavy atom. The molecule has 36 heavy (non-hydrogen) atoms. The van der Waals surface area contributed by atoms with Crippen LogP contribution in [0.15, 0.2) is 108 Å². The van der Waals surface area contributed by atoms with Gasteiger partial charge in [-0.15, -0.1) is 11.8 Å². The number of thioether (sulfide) groups is 1. The molecule has 4 rings (SSSR count). The van der Waals surface area contributed by atoms with Crippen LogP contribution >= 0.6 is 11.8 Å².